The number of fused-ring (bicyclic) bond motifs is 1. The Bertz CT molecular complexity index is 875. The normalized spacial score (nSPS) is 11.5. The summed E-state index contributed by atoms with van der Waals surface area (Å²) >= 11 is 0. The molecule has 7 heteroatoms. The van der Waals surface area contributed by atoms with E-state index in [1.807, 2.05) is 31.2 Å². The van der Waals surface area contributed by atoms with Crippen molar-refractivity contribution >= 4 is 22.5 Å². The third-order valence-corrected chi connectivity index (χ3v) is 3.40. The standard InChI is InChI=1S/C15H15N5O2/c1-3-20-12-7-5-4-6-10(12)13(15(20)22)18-19-14(21)11-8-9(2)16-17-11/h4-8,22H,3H2,1-2H3,(H,16,17). The lowest BCUT2D eigenvalue weighted by Crippen LogP contribution is -1.93. The third-order valence-electron chi connectivity index (χ3n) is 3.40. The van der Waals surface area contributed by atoms with Crippen molar-refractivity contribution in [1.82, 2.24) is 14.8 Å². The van der Waals surface area contributed by atoms with Crippen LogP contribution in [0.25, 0.3) is 10.9 Å². The molecule has 3 rings (SSSR count). The summed E-state index contributed by atoms with van der Waals surface area (Å²) in [6.45, 7) is 4.31. The van der Waals surface area contributed by atoms with Gasteiger partial charge in [0.05, 0.1) is 5.52 Å². The molecule has 2 aromatic heterocycles. The highest BCUT2D eigenvalue weighted by atomic mass is 16.3. The van der Waals surface area contributed by atoms with Gasteiger partial charge < -0.3 is 9.67 Å². The van der Waals surface area contributed by atoms with Crippen molar-refractivity contribution in [2.24, 2.45) is 10.2 Å². The van der Waals surface area contributed by atoms with Crippen molar-refractivity contribution in [3.05, 3.63) is 41.7 Å². The first kappa shape index (κ1) is 14.0. The minimum atomic E-state index is -0.558. The molecular weight excluding hydrogens is 282 g/mol. The predicted molar refractivity (Wildman–Crippen MR) is 81.4 cm³/mol. The van der Waals surface area contributed by atoms with Gasteiger partial charge in [-0.3, -0.25) is 9.89 Å². The Labute approximate surface area is 126 Å². The lowest BCUT2D eigenvalue weighted by atomic mass is 10.2. The van der Waals surface area contributed by atoms with E-state index in [2.05, 4.69) is 20.4 Å². The van der Waals surface area contributed by atoms with Gasteiger partial charge in [0, 0.05) is 17.6 Å². The molecule has 0 saturated heterocycles. The largest absolute Gasteiger partial charge is 0.493 e. The maximum atomic E-state index is 11.9. The van der Waals surface area contributed by atoms with Crippen LogP contribution in [-0.4, -0.2) is 25.8 Å². The number of rotatable bonds is 3. The molecule has 0 saturated carbocycles. The predicted octanol–water partition coefficient (Wildman–Crippen LogP) is 3.32. The Morgan fingerprint density at radius 3 is 2.86 bits per heavy atom. The van der Waals surface area contributed by atoms with Crippen molar-refractivity contribution in [3.63, 3.8) is 0 Å². The topological polar surface area (TPSA) is 95.6 Å². The van der Waals surface area contributed by atoms with Gasteiger partial charge in [-0.05, 0) is 26.0 Å². The molecule has 0 atom stereocenters. The van der Waals surface area contributed by atoms with Crippen molar-refractivity contribution in [1.29, 1.82) is 0 Å². The van der Waals surface area contributed by atoms with Crippen LogP contribution in [0.15, 0.2) is 40.6 Å². The lowest BCUT2D eigenvalue weighted by molar-refractivity contribution is 0.0990. The number of nitrogens with zero attached hydrogens (tertiary/aromatic N) is 4. The van der Waals surface area contributed by atoms with Crippen molar-refractivity contribution in [3.8, 4) is 5.88 Å². The summed E-state index contributed by atoms with van der Waals surface area (Å²) in [5.74, 6) is -0.560. The molecule has 0 fully saturated rings. The minimum absolute atomic E-state index is 0.00143. The zero-order chi connectivity index (χ0) is 15.7. The molecule has 3 aromatic rings. The van der Waals surface area contributed by atoms with E-state index >= 15 is 0 Å². The maximum absolute atomic E-state index is 11.9. The number of nitrogens with one attached hydrogen (secondary N) is 1. The highest BCUT2D eigenvalue weighted by Gasteiger charge is 2.16. The first-order chi connectivity index (χ1) is 10.6. The fourth-order valence-corrected chi connectivity index (χ4v) is 2.36. The smallest absolute Gasteiger partial charge is 0.315 e. The Morgan fingerprint density at radius 1 is 1.41 bits per heavy atom. The number of aromatic nitrogens is 3. The monoisotopic (exact) mass is 297 g/mol. The lowest BCUT2D eigenvalue weighted by Gasteiger charge is -2.00. The van der Waals surface area contributed by atoms with Gasteiger partial charge >= 0.3 is 5.91 Å². The molecule has 22 heavy (non-hydrogen) atoms. The van der Waals surface area contributed by atoms with Crippen LogP contribution in [0.3, 0.4) is 0 Å². The van der Waals surface area contributed by atoms with E-state index in [0.29, 0.717) is 6.54 Å². The highest BCUT2D eigenvalue weighted by molar-refractivity contribution is 5.96. The number of benzene rings is 1. The van der Waals surface area contributed by atoms with Crippen molar-refractivity contribution < 1.29 is 9.90 Å². The van der Waals surface area contributed by atoms with Gasteiger partial charge in [-0.2, -0.15) is 5.10 Å². The Morgan fingerprint density at radius 2 is 2.18 bits per heavy atom. The van der Waals surface area contributed by atoms with E-state index in [-0.39, 0.29) is 17.3 Å². The van der Waals surface area contributed by atoms with Gasteiger partial charge in [-0.1, -0.05) is 18.2 Å². The van der Waals surface area contributed by atoms with Gasteiger partial charge in [0.25, 0.3) is 0 Å². The fourth-order valence-electron chi connectivity index (χ4n) is 2.36. The number of carbonyl (C=O) groups excluding carboxylic acids is 1. The van der Waals surface area contributed by atoms with E-state index in [1.165, 1.54) is 0 Å². The maximum Gasteiger partial charge on any atom is 0.315 e. The highest BCUT2D eigenvalue weighted by Crippen LogP contribution is 2.38. The van der Waals surface area contributed by atoms with E-state index in [0.717, 1.165) is 16.6 Å². The number of azo groups is 1. The van der Waals surface area contributed by atoms with Crippen LogP contribution in [-0.2, 0) is 6.54 Å². The summed E-state index contributed by atoms with van der Waals surface area (Å²) < 4.78 is 1.72. The van der Waals surface area contributed by atoms with E-state index in [9.17, 15) is 9.90 Å². The number of hydrogen-bond acceptors (Lipinski definition) is 4. The molecule has 0 aliphatic rings. The number of amides is 1. The van der Waals surface area contributed by atoms with Crippen LogP contribution < -0.4 is 0 Å². The van der Waals surface area contributed by atoms with Crippen LogP contribution in [0, 0.1) is 6.92 Å². The number of aromatic amines is 1. The Balaban J connectivity index is 2.02. The summed E-state index contributed by atoms with van der Waals surface area (Å²) in [5.41, 5.74) is 2.10. The minimum Gasteiger partial charge on any atom is -0.493 e. The molecule has 1 aromatic carbocycles. The van der Waals surface area contributed by atoms with Gasteiger partial charge in [0.1, 0.15) is 0 Å². The van der Waals surface area contributed by atoms with Crippen LogP contribution in [0.5, 0.6) is 5.88 Å². The molecule has 0 radical (unpaired) electrons. The molecule has 0 spiro atoms. The molecular formula is C15H15N5O2. The van der Waals surface area contributed by atoms with E-state index in [4.69, 9.17) is 0 Å². The van der Waals surface area contributed by atoms with Crippen LogP contribution >= 0.6 is 0 Å². The molecule has 0 bridgehead atoms. The molecule has 0 unspecified atom stereocenters. The number of aromatic hydroxyl groups is 1. The zero-order valence-electron chi connectivity index (χ0n) is 12.2. The van der Waals surface area contributed by atoms with E-state index < -0.39 is 5.91 Å². The first-order valence-electron chi connectivity index (χ1n) is 6.90. The van der Waals surface area contributed by atoms with Crippen LogP contribution in [0.2, 0.25) is 0 Å². The summed E-state index contributed by atoms with van der Waals surface area (Å²) in [4.78, 5) is 11.9. The molecule has 112 valence electrons. The second-order valence-electron chi connectivity index (χ2n) is 4.87. The summed E-state index contributed by atoms with van der Waals surface area (Å²) in [6.07, 6.45) is 0. The second-order valence-corrected chi connectivity index (χ2v) is 4.87. The molecule has 2 N–H and O–H groups in total. The molecule has 0 aliphatic heterocycles. The summed E-state index contributed by atoms with van der Waals surface area (Å²) in [6, 6.07) is 9.04. The van der Waals surface area contributed by atoms with E-state index in [1.54, 1.807) is 17.6 Å². The Kier molecular flexibility index (Phi) is 3.46. The molecule has 0 aliphatic carbocycles. The van der Waals surface area contributed by atoms with Gasteiger partial charge in [-0.25, -0.2) is 0 Å². The van der Waals surface area contributed by atoms with Gasteiger partial charge in [0.2, 0.25) is 5.88 Å². The summed E-state index contributed by atoms with van der Waals surface area (Å²) in [7, 11) is 0. The average Bonchev–Trinajstić information content (AvgIpc) is 3.06. The zero-order valence-corrected chi connectivity index (χ0v) is 12.2. The third kappa shape index (κ3) is 2.26. The fraction of sp³-hybridized carbons (Fsp3) is 0.200. The molecule has 1 amide bonds. The number of hydrogen-bond donors (Lipinski definition) is 2. The van der Waals surface area contributed by atoms with Gasteiger partial charge in [-0.15, -0.1) is 10.2 Å². The number of H-pyrrole nitrogens is 1. The molecule has 7 nitrogen and oxygen atoms in total. The van der Waals surface area contributed by atoms with Crippen LogP contribution in [0.4, 0.5) is 5.69 Å². The number of para-hydroxylation sites is 1. The Hall–Kier alpha value is -2.96. The number of carbonyl (C=O) groups is 1. The van der Waals surface area contributed by atoms with Gasteiger partial charge in [0.15, 0.2) is 11.4 Å². The first-order valence-corrected chi connectivity index (χ1v) is 6.90. The van der Waals surface area contributed by atoms with Crippen molar-refractivity contribution in [2.75, 3.05) is 0 Å². The van der Waals surface area contributed by atoms with Crippen molar-refractivity contribution in [2.45, 2.75) is 20.4 Å². The quantitative estimate of drug-likeness (QED) is 0.726. The second kappa shape index (κ2) is 5.44. The summed E-state index contributed by atoms with van der Waals surface area (Å²) in [5, 5.41) is 25.1. The van der Waals surface area contributed by atoms with Crippen LogP contribution in [0.1, 0.15) is 23.1 Å². The average molecular weight is 297 g/mol. The SMILES string of the molecule is CCn1c(O)c(N=NC(=O)c2cc(C)[nH]n2)c2ccccc21. The molecule has 2 heterocycles. The number of aryl methyl sites for hydroxylation is 2.